The molecule has 0 bridgehead atoms. The highest BCUT2D eigenvalue weighted by atomic mass is 35.5. The van der Waals surface area contributed by atoms with E-state index in [2.05, 4.69) is 15.2 Å². The lowest BCUT2D eigenvalue weighted by molar-refractivity contribution is 0.0970. The average molecular weight is 351 g/mol. The monoisotopic (exact) mass is 350 g/mol. The van der Waals surface area contributed by atoms with E-state index in [0.29, 0.717) is 21.6 Å². The molecule has 0 aliphatic rings. The fraction of sp³-hybridized carbons (Fsp3) is 0.0556. The van der Waals surface area contributed by atoms with Crippen molar-refractivity contribution in [3.8, 4) is 0 Å². The first-order valence-corrected chi connectivity index (χ1v) is 7.90. The highest BCUT2D eigenvalue weighted by molar-refractivity contribution is 6.30. The molecular formula is C18H11ClN4O2. The molecule has 2 aromatic carbocycles. The quantitative estimate of drug-likeness (QED) is 0.419. The Morgan fingerprint density at radius 3 is 2.56 bits per heavy atom. The predicted molar refractivity (Wildman–Crippen MR) is 94.9 cm³/mol. The zero-order chi connectivity index (χ0) is 17.4. The van der Waals surface area contributed by atoms with Gasteiger partial charge in [0.15, 0.2) is 11.3 Å². The molecule has 4 rings (SSSR count). The van der Waals surface area contributed by atoms with Crippen molar-refractivity contribution in [2.45, 2.75) is 6.54 Å². The standard InChI is InChI=1S/C18H11ClN4O2/c19-12-7-5-11(6-8-12)15(24)9-23-10-20-16-13-3-1-2-4-14(13)21-22-17(16)18(23)25/h1-8,10H,9H2. The Morgan fingerprint density at radius 2 is 1.76 bits per heavy atom. The Labute approximate surface area is 146 Å². The first-order chi connectivity index (χ1) is 12.1. The topological polar surface area (TPSA) is 77.7 Å². The Bertz CT molecular complexity index is 1170. The molecule has 2 aromatic heterocycles. The molecule has 4 aromatic rings. The molecule has 2 heterocycles. The van der Waals surface area contributed by atoms with Gasteiger partial charge in [0.25, 0.3) is 5.56 Å². The molecule has 0 fully saturated rings. The van der Waals surface area contributed by atoms with Crippen molar-refractivity contribution >= 4 is 39.3 Å². The average Bonchev–Trinajstić information content (AvgIpc) is 2.64. The summed E-state index contributed by atoms with van der Waals surface area (Å²) in [7, 11) is 0. The van der Waals surface area contributed by atoms with Crippen molar-refractivity contribution in [3.05, 3.63) is 75.8 Å². The van der Waals surface area contributed by atoms with Crippen LogP contribution in [0.25, 0.3) is 21.9 Å². The molecule has 6 nitrogen and oxygen atoms in total. The summed E-state index contributed by atoms with van der Waals surface area (Å²) in [6.45, 7) is -0.127. The molecular weight excluding hydrogens is 340 g/mol. The van der Waals surface area contributed by atoms with Crippen molar-refractivity contribution in [1.29, 1.82) is 0 Å². The van der Waals surface area contributed by atoms with E-state index in [1.807, 2.05) is 18.2 Å². The maximum atomic E-state index is 12.6. The van der Waals surface area contributed by atoms with Crippen molar-refractivity contribution in [2.24, 2.45) is 0 Å². The van der Waals surface area contributed by atoms with Gasteiger partial charge in [0.05, 0.1) is 18.4 Å². The smallest absolute Gasteiger partial charge is 0.282 e. The number of ketones is 1. The molecule has 0 saturated carbocycles. The third-order valence-electron chi connectivity index (χ3n) is 3.91. The maximum Gasteiger partial charge on any atom is 0.282 e. The SMILES string of the molecule is O=C(Cn1cnc2c(nnc3ccccc32)c1=O)c1ccc(Cl)cc1. The van der Waals surface area contributed by atoms with Crippen LogP contribution in [-0.2, 0) is 6.54 Å². The van der Waals surface area contributed by atoms with E-state index >= 15 is 0 Å². The molecule has 0 saturated heterocycles. The highest BCUT2D eigenvalue weighted by Gasteiger charge is 2.13. The van der Waals surface area contributed by atoms with E-state index in [9.17, 15) is 9.59 Å². The first kappa shape index (κ1) is 15.4. The predicted octanol–water partition coefficient (Wildman–Crippen LogP) is 2.88. The fourth-order valence-corrected chi connectivity index (χ4v) is 2.75. The summed E-state index contributed by atoms with van der Waals surface area (Å²) < 4.78 is 1.24. The van der Waals surface area contributed by atoms with Crippen LogP contribution in [0.5, 0.6) is 0 Å². The molecule has 0 spiro atoms. The molecule has 0 aliphatic heterocycles. The summed E-state index contributed by atoms with van der Waals surface area (Å²) >= 11 is 5.82. The zero-order valence-electron chi connectivity index (χ0n) is 12.9. The van der Waals surface area contributed by atoms with Gasteiger partial charge in [0.1, 0.15) is 5.52 Å². The molecule has 0 aliphatic carbocycles. The molecule has 0 atom stereocenters. The Kier molecular flexibility index (Phi) is 3.74. The van der Waals surface area contributed by atoms with Crippen LogP contribution in [-0.4, -0.2) is 25.5 Å². The molecule has 0 unspecified atom stereocenters. The van der Waals surface area contributed by atoms with Gasteiger partial charge in [-0.3, -0.25) is 14.2 Å². The van der Waals surface area contributed by atoms with Crippen LogP contribution in [0.1, 0.15) is 10.4 Å². The van der Waals surface area contributed by atoms with Gasteiger partial charge < -0.3 is 0 Å². The molecule has 122 valence electrons. The van der Waals surface area contributed by atoms with Crippen molar-refractivity contribution in [2.75, 3.05) is 0 Å². The highest BCUT2D eigenvalue weighted by Crippen LogP contribution is 2.17. The minimum absolute atomic E-state index is 0.127. The normalized spacial score (nSPS) is 11.1. The summed E-state index contributed by atoms with van der Waals surface area (Å²) in [6.07, 6.45) is 1.37. The van der Waals surface area contributed by atoms with Gasteiger partial charge in [-0.1, -0.05) is 29.8 Å². The minimum atomic E-state index is -0.398. The minimum Gasteiger partial charge on any atom is -0.292 e. The Balaban J connectivity index is 1.77. The summed E-state index contributed by atoms with van der Waals surface area (Å²) in [5.74, 6) is -0.214. The number of carbonyl (C=O) groups is 1. The Hall–Kier alpha value is -3.12. The lowest BCUT2D eigenvalue weighted by Gasteiger charge is -2.07. The first-order valence-electron chi connectivity index (χ1n) is 7.53. The summed E-state index contributed by atoms with van der Waals surface area (Å²) in [5, 5.41) is 9.34. The number of fused-ring (bicyclic) bond motifs is 3. The lowest BCUT2D eigenvalue weighted by atomic mass is 10.1. The second-order valence-electron chi connectivity index (χ2n) is 5.52. The summed E-state index contributed by atoms with van der Waals surface area (Å²) in [4.78, 5) is 29.3. The molecule has 25 heavy (non-hydrogen) atoms. The molecule has 7 heteroatoms. The van der Waals surface area contributed by atoms with E-state index in [-0.39, 0.29) is 17.8 Å². The van der Waals surface area contributed by atoms with E-state index in [1.165, 1.54) is 10.9 Å². The van der Waals surface area contributed by atoms with Crippen LogP contribution in [0.2, 0.25) is 5.02 Å². The van der Waals surface area contributed by atoms with Gasteiger partial charge >= 0.3 is 0 Å². The Morgan fingerprint density at radius 1 is 1.00 bits per heavy atom. The third-order valence-corrected chi connectivity index (χ3v) is 4.16. The van der Waals surface area contributed by atoms with Crippen LogP contribution < -0.4 is 5.56 Å². The summed E-state index contributed by atoms with van der Waals surface area (Å²) in [6, 6.07) is 13.8. The second kappa shape index (κ2) is 6.07. The number of nitrogens with zero attached hydrogens (tertiary/aromatic N) is 4. The van der Waals surface area contributed by atoms with Crippen LogP contribution >= 0.6 is 11.6 Å². The second-order valence-corrected chi connectivity index (χ2v) is 5.96. The molecule has 0 amide bonds. The van der Waals surface area contributed by atoms with E-state index in [1.54, 1.807) is 30.3 Å². The maximum absolute atomic E-state index is 12.6. The number of hydrogen-bond donors (Lipinski definition) is 0. The van der Waals surface area contributed by atoms with Gasteiger partial charge in [-0.2, -0.15) is 0 Å². The molecule has 0 radical (unpaired) electrons. The number of rotatable bonds is 3. The van der Waals surface area contributed by atoms with Crippen LogP contribution in [0, 0.1) is 0 Å². The van der Waals surface area contributed by atoms with Gasteiger partial charge in [-0.25, -0.2) is 4.98 Å². The number of hydrogen-bond acceptors (Lipinski definition) is 5. The van der Waals surface area contributed by atoms with Gasteiger partial charge in [0, 0.05) is 16.0 Å². The van der Waals surface area contributed by atoms with Crippen molar-refractivity contribution in [3.63, 3.8) is 0 Å². The van der Waals surface area contributed by atoms with Crippen molar-refractivity contribution in [1.82, 2.24) is 19.7 Å². The van der Waals surface area contributed by atoms with E-state index in [4.69, 9.17) is 11.6 Å². The lowest BCUT2D eigenvalue weighted by Crippen LogP contribution is -2.25. The fourth-order valence-electron chi connectivity index (χ4n) is 2.62. The van der Waals surface area contributed by atoms with Gasteiger partial charge in [-0.15, -0.1) is 10.2 Å². The number of aromatic nitrogens is 4. The third kappa shape index (κ3) is 2.77. The van der Waals surface area contributed by atoms with E-state index in [0.717, 1.165) is 5.39 Å². The largest absolute Gasteiger partial charge is 0.292 e. The van der Waals surface area contributed by atoms with Crippen LogP contribution in [0.4, 0.5) is 0 Å². The van der Waals surface area contributed by atoms with Gasteiger partial charge in [-0.05, 0) is 30.3 Å². The van der Waals surface area contributed by atoms with Gasteiger partial charge in [0.2, 0.25) is 0 Å². The number of Topliss-reactive ketones (excluding diaryl/α,β-unsaturated/α-hetero) is 1. The number of carbonyl (C=O) groups excluding carboxylic acids is 1. The van der Waals surface area contributed by atoms with Crippen LogP contribution in [0.15, 0.2) is 59.7 Å². The summed E-state index contributed by atoms with van der Waals surface area (Å²) in [5.41, 5.74) is 1.36. The van der Waals surface area contributed by atoms with Crippen LogP contribution in [0.3, 0.4) is 0 Å². The van der Waals surface area contributed by atoms with Crippen molar-refractivity contribution < 1.29 is 4.79 Å². The number of benzene rings is 2. The molecule has 0 N–H and O–H groups in total. The zero-order valence-corrected chi connectivity index (χ0v) is 13.6. The number of halogens is 1. The van der Waals surface area contributed by atoms with E-state index < -0.39 is 5.56 Å².